The van der Waals surface area contributed by atoms with Gasteiger partial charge in [-0.05, 0) is 43.6 Å². The highest BCUT2D eigenvalue weighted by atomic mass is 16.2. The molecule has 27 heavy (non-hydrogen) atoms. The smallest absolute Gasteiger partial charge is 0.225 e. The van der Waals surface area contributed by atoms with E-state index in [1.807, 2.05) is 6.07 Å². The minimum absolute atomic E-state index is 0.209. The zero-order valence-corrected chi connectivity index (χ0v) is 16.0. The quantitative estimate of drug-likeness (QED) is 0.834. The van der Waals surface area contributed by atoms with E-state index in [4.69, 9.17) is 0 Å². The van der Waals surface area contributed by atoms with Crippen molar-refractivity contribution in [1.29, 1.82) is 0 Å². The van der Waals surface area contributed by atoms with Crippen LogP contribution in [0.4, 0.5) is 5.69 Å². The van der Waals surface area contributed by atoms with E-state index in [1.165, 1.54) is 11.3 Å². The lowest BCUT2D eigenvalue weighted by Crippen LogP contribution is -2.51. The minimum Gasteiger partial charge on any atom is -0.368 e. The van der Waals surface area contributed by atoms with Gasteiger partial charge < -0.3 is 9.80 Å². The monoisotopic (exact) mass is 363 g/mol. The molecule has 142 valence electrons. The van der Waals surface area contributed by atoms with Crippen LogP contribution in [0.25, 0.3) is 0 Å². The Morgan fingerprint density at radius 2 is 1.37 bits per heavy atom. The molecule has 1 amide bonds. The Bertz CT molecular complexity index is 718. The Morgan fingerprint density at radius 3 is 2.00 bits per heavy atom. The van der Waals surface area contributed by atoms with Crippen LogP contribution in [-0.2, 0) is 11.3 Å². The molecule has 2 aromatic carbocycles. The molecule has 2 heterocycles. The van der Waals surface area contributed by atoms with Crippen molar-refractivity contribution in [1.82, 2.24) is 9.80 Å². The van der Waals surface area contributed by atoms with E-state index in [0.717, 1.165) is 58.7 Å². The summed E-state index contributed by atoms with van der Waals surface area (Å²) in [5, 5.41) is 0. The van der Waals surface area contributed by atoms with Gasteiger partial charge >= 0.3 is 0 Å². The number of piperazine rings is 1. The lowest BCUT2D eigenvalue weighted by Gasteiger charge is -2.39. The van der Waals surface area contributed by atoms with Crippen molar-refractivity contribution in [3.05, 3.63) is 66.2 Å². The molecule has 0 saturated carbocycles. The molecular formula is C23H29N3O. The number of hydrogen-bond donors (Lipinski definition) is 0. The molecule has 0 N–H and O–H groups in total. The second kappa shape index (κ2) is 8.57. The van der Waals surface area contributed by atoms with Crippen LogP contribution in [-0.4, -0.2) is 55.0 Å². The molecule has 0 atom stereocenters. The SMILES string of the molecule is O=C(C1CCN(Cc2ccccc2)CC1)N1CCN(c2ccccc2)CC1. The fourth-order valence-corrected chi connectivity index (χ4v) is 4.26. The van der Waals surface area contributed by atoms with Gasteiger partial charge in [0.15, 0.2) is 0 Å². The molecular weight excluding hydrogens is 334 g/mol. The Kier molecular flexibility index (Phi) is 5.73. The average molecular weight is 364 g/mol. The Hall–Kier alpha value is -2.33. The molecule has 0 bridgehead atoms. The summed E-state index contributed by atoms with van der Waals surface area (Å²) in [6.07, 6.45) is 1.98. The number of hydrogen-bond acceptors (Lipinski definition) is 3. The van der Waals surface area contributed by atoms with E-state index in [0.29, 0.717) is 5.91 Å². The molecule has 0 aliphatic carbocycles. The van der Waals surface area contributed by atoms with Gasteiger partial charge in [-0.25, -0.2) is 0 Å². The summed E-state index contributed by atoms with van der Waals surface area (Å²) in [4.78, 5) is 19.9. The normalized spacial score (nSPS) is 19.3. The summed E-state index contributed by atoms with van der Waals surface area (Å²) in [6.45, 7) is 6.60. The zero-order chi connectivity index (χ0) is 18.5. The summed E-state index contributed by atoms with van der Waals surface area (Å²) in [7, 11) is 0. The van der Waals surface area contributed by atoms with E-state index in [-0.39, 0.29) is 5.92 Å². The number of rotatable bonds is 4. The third kappa shape index (κ3) is 4.51. The maximum atomic E-state index is 13.0. The predicted molar refractivity (Wildman–Crippen MR) is 110 cm³/mol. The summed E-state index contributed by atoms with van der Waals surface area (Å²) in [5.74, 6) is 0.586. The van der Waals surface area contributed by atoms with Crippen molar-refractivity contribution in [3.8, 4) is 0 Å². The van der Waals surface area contributed by atoms with Crippen LogP contribution in [0, 0.1) is 5.92 Å². The number of carbonyl (C=O) groups is 1. The zero-order valence-electron chi connectivity index (χ0n) is 16.0. The highest BCUT2D eigenvalue weighted by Gasteiger charge is 2.30. The average Bonchev–Trinajstić information content (AvgIpc) is 2.75. The highest BCUT2D eigenvalue weighted by molar-refractivity contribution is 5.79. The Balaban J connectivity index is 1.24. The van der Waals surface area contributed by atoms with E-state index < -0.39 is 0 Å². The number of nitrogens with zero attached hydrogens (tertiary/aromatic N) is 3. The molecule has 2 aliphatic heterocycles. The molecule has 0 unspecified atom stereocenters. The van der Waals surface area contributed by atoms with Crippen LogP contribution < -0.4 is 4.90 Å². The molecule has 2 fully saturated rings. The lowest BCUT2D eigenvalue weighted by molar-refractivity contribution is -0.137. The molecule has 4 nitrogen and oxygen atoms in total. The van der Waals surface area contributed by atoms with Crippen molar-refractivity contribution in [2.75, 3.05) is 44.2 Å². The third-order valence-electron chi connectivity index (χ3n) is 5.90. The van der Waals surface area contributed by atoms with E-state index in [1.54, 1.807) is 0 Å². The second-order valence-corrected chi connectivity index (χ2v) is 7.68. The van der Waals surface area contributed by atoms with Gasteiger partial charge in [-0.1, -0.05) is 48.5 Å². The van der Waals surface area contributed by atoms with Gasteiger partial charge in [0.25, 0.3) is 0 Å². The standard InChI is InChI=1S/C23H29N3O/c27-23(26-17-15-25(16-18-26)22-9-5-2-6-10-22)21-11-13-24(14-12-21)19-20-7-3-1-4-8-20/h1-10,21H,11-19H2. The first-order valence-corrected chi connectivity index (χ1v) is 10.1. The van der Waals surface area contributed by atoms with Crippen LogP contribution in [0.1, 0.15) is 18.4 Å². The van der Waals surface area contributed by atoms with Crippen molar-refractivity contribution < 1.29 is 4.79 Å². The molecule has 2 aliphatic rings. The number of carbonyl (C=O) groups excluding carboxylic acids is 1. The number of benzene rings is 2. The predicted octanol–water partition coefficient (Wildman–Crippen LogP) is 3.25. The van der Waals surface area contributed by atoms with Gasteiger partial charge in [0.1, 0.15) is 0 Å². The maximum absolute atomic E-state index is 13.0. The van der Waals surface area contributed by atoms with E-state index in [2.05, 4.69) is 69.3 Å². The maximum Gasteiger partial charge on any atom is 0.225 e. The molecule has 0 aromatic heterocycles. The first kappa shape index (κ1) is 18.1. The minimum atomic E-state index is 0.209. The van der Waals surface area contributed by atoms with Crippen LogP contribution in [0.15, 0.2) is 60.7 Å². The molecule has 2 aromatic rings. The van der Waals surface area contributed by atoms with Gasteiger partial charge in [0, 0.05) is 44.3 Å². The fourth-order valence-electron chi connectivity index (χ4n) is 4.26. The number of amides is 1. The van der Waals surface area contributed by atoms with Crippen LogP contribution in [0.2, 0.25) is 0 Å². The van der Waals surface area contributed by atoms with Crippen molar-refractivity contribution in [2.45, 2.75) is 19.4 Å². The van der Waals surface area contributed by atoms with Crippen molar-refractivity contribution in [2.24, 2.45) is 5.92 Å². The third-order valence-corrected chi connectivity index (χ3v) is 5.90. The van der Waals surface area contributed by atoms with Gasteiger partial charge in [-0.2, -0.15) is 0 Å². The first-order valence-electron chi connectivity index (χ1n) is 10.1. The largest absolute Gasteiger partial charge is 0.368 e. The summed E-state index contributed by atoms with van der Waals surface area (Å²) >= 11 is 0. The lowest BCUT2D eigenvalue weighted by atomic mass is 9.94. The topological polar surface area (TPSA) is 26.8 Å². The Labute approximate surface area is 162 Å². The molecule has 2 saturated heterocycles. The molecule has 4 heteroatoms. The van der Waals surface area contributed by atoms with E-state index >= 15 is 0 Å². The van der Waals surface area contributed by atoms with E-state index in [9.17, 15) is 4.79 Å². The van der Waals surface area contributed by atoms with Gasteiger partial charge in [-0.15, -0.1) is 0 Å². The van der Waals surface area contributed by atoms with Gasteiger partial charge in [0.2, 0.25) is 5.91 Å². The van der Waals surface area contributed by atoms with Crippen LogP contribution in [0.3, 0.4) is 0 Å². The fraction of sp³-hybridized carbons (Fsp3) is 0.435. The Morgan fingerprint density at radius 1 is 0.778 bits per heavy atom. The van der Waals surface area contributed by atoms with Crippen LogP contribution >= 0.6 is 0 Å². The van der Waals surface area contributed by atoms with Gasteiger partial charge in [-0.3, -0.25) is 9.69 Å². The summed E-state index contributed by atoms with van der Waals surface area (Å²) in [6, 6.07) is 21.1. The second-order valence-electron chi connectivity index (χ2n) is 7.68. The van der Waals surface area contributed by atoms with Crippen molar-refractivity contribution >= 4 is 11.6 Å². The van der Waals surface area contributed by atoms with Crippen molar-refractivity contribution in [3.63, 3.8) is 0 Å². The number of piperidine rings is 1. The highest BCUT2D eigenvalue weighted by Crippen LogP contribution is 2.23. The van der Waals surface area contributed by atoms with Gasteiger partial charge in [0.05, 0.1) is 0 Å². The summed E-state index contributed by atoms with van der Waals surface area (Å²) < 4.78 is 0. The summed E-state index contributed by atoms with van der Waals surface area (Å²) in [5.41, 5.74) is 2.62. The first-order chi connectivity index (χ1) is 13.3. The number of para-hydroxylation sites is 1. The van der Waals surface area contributed by atoms with Crippen LogP contribution in [0.5, 0.6) is 0 Å². The molecule has 4 rings (SSSR count). The number of likely N-dealkylation sites (tertiary alicyclic amines) is 1. The molecule has 0 radical (unpaired) electrons. The number of anilines is 1. The molecule has 0 spiro atoms.